The van der Waals surface area contributed by atoms with Crippen LogP contribution in [0.3, 0.4) is 0 Å². The summed E-state index contributed by atoms with van der Waals surface area (Å²) >= 11 is 0. The second-order valence-corrected chi connectivity index (χ2v) is 16.8. The summed E-state index contributed by atoms with van der Waals surface area (Å²) in [5.41, 5.74) is 10.8. The van der Waals surface area contributed by atoms with E-state index >= 15 is 0 Å². The Kier molecular flexibility index (Phi) is 11.5. The monoisotopic (exact) mass is 899 g/mol. The number of benzene rings is 3. The number of fused-ring (bicyclic) bond motifs is 3. The van der Waals surface area contributed by atoms with Gasteiger partial charge in [-0.05, 0) is 83.7 Å². The van der Waals surface area contributed by atoms with Gasteiger partial charge in [0.25, 0.3) is 0 Å². The maximum Gasteiger partial charge on any atom is 2.00 e. The number of hydrogen-bond donors (Lipinski definition) is 0. The number of pyridine rings is 1. The fourth-order valence-corrected chi connectivity index (χ4v) is 8.41. The van der Waals surface area contributed by atoms with Gasteiger partial charge in [-0.25, -0.2) is 4.98 Å². The number of ether oxygens (including phenoxy) is 1. The van der Waals surface area contributed by atoms with Gasteiger partial charge in [0, 0.05) is 40.4 Å². The minimum absolute atomic E-state index is 0. The maximum absolute atomic E-state index is 6.78. The van der Waals surface area contributed by atoms with Crippen LogP contribution in [-0.2, 0) is 44.7 Å². The van der Waals surface area contributed by atoms with Crippen LogP contribution in [0.25, 0.3) is 33.3 Å². The van der Waals surface area contributed by atoms with E-state index in [0.717, 1.165) is 52.6 Å². The summed E-state index contributed by atoms with van der Waals surface area (Å²) in [6, 6.07) is 28.7. The number of aromatic nitrogens is 4. The zero-order valence-corrected chi connectivity index (χ0v) is 36.1. The van der Waals surface area contributed by atoms with Gasteiger partial charge in [-0.1, -0.05) is 111 Å². The molecule has 5 nitrogen and oxygen atoms in total. The molecule has 3 aromatic carbocycles. The van der Waals surface area contributed by atoms with Crippen molar-refractivity contribution < 1.29 is 25.8 Å². The third kappa shape index (κ3) is 7.38. The second kappa shape index (κ2) is 15.7. The van der Waals surface area contributed by atoms with Gasteiger partial charge >= 0.3 is 21.1 Å². The standard InChI is InChI=1S/C48H56N4O.Pt/c1-11-31-18-17-19-32(12-2)45(31)46-40(13-3)50-52(41(46)14-4)35-26-34(48(8,9)10)27-37(29-35)53-36-22-23-39-38-20-15-16-21-42(38)51(43(39)30-36)44-28-33(24-25-49-44)47(5,6)7;/h15-16,18,20-28,32,45H,11-14,17,19H2,1-10H3;/q-2;+2/t32-,45?;/m0./s1. The van der Waals surface area contributed by atoms with E-state index in [1.807, 2.05) is 12.3 Å². The Balaban J connectivity index is 0.00000497. The number of nitrogens with zero attached hydrogens (tertiary/aromatic N) is 4. The number of rotatable bonds is 9. The van der Waals surface area contributed by atoms with Crippen LogP contribution in [0, 0.1) is 18.1 Å². The Morgan fingerprint density at radius 2 is 1.56 bits per heavy atom. The fourth-order valence-electron chi connectivity index (χ4n) is 8.41. The predicted molar refractivity (Wildman–Crippen MR) is 220 cm³/mol. The molecule has 54 heavy (non-hydrogen) atoms. The average molecular weight is 900 g/mol. The molecule has 0 aliphatic heterocycles. The quantitative estimate of drug-likeness (QED) is 0.107. The molecule has 0 spiro atoms. The van der Waals surface area contributed by atoms with Crippen LogP contribution in [-0.4, -0.2) is 19.3 Å². The number of aryl methyl sites for hydroxylation is 1. The van der Waals surface area contributed by atoms with Crippen molar-refractivity contribution in [1.29, 1.82) is 0 Å². The van der Waals surface area contributed by atoms with Crippen molar-refractivity contribution in [3.05, 3.63) is 119 Å². The van der Waals surface area contributed by atoms with E-state index in [9.17, 15) is 0 Å². The molecule has 6 heteroatoms. The number of allylic oxidation sites excluding steroid dienone is 2. The van der Waals surface area contributed by atoms with Crippen LogP contribution in [0.1, 0.15) is 129 Å². The third-order valence-electron chi connectivity index (χ3n) is 11.4. The summed E-state index contributed by atoms with van der Waals surface area (Å²) in [5, 5.41) is 7.65. The second-order valence-electron chi connectivity index (χ2n) is 16.8. The van der Waals surface area contributed by atoms with Gasteiger partial charge in [-0.15, -0.1) is 41.3 Å². The molecule has 7 rings (SSSR count). The van der Waals surface area contributed by atoms with E-state index in [4.69, 9.17) is 14.8 Å². The molecule has 1 aliphatic carbocycles. The molecule has 0 radical (unpaired) electrons. The molecule has 0 saturated carbocycles. The Labute approximate surface area is 337 Å². The summed E-state index contributed by atoms with van der Waals surface area (Å²) in [6.45, 7) is 22.7. The fraction of sp³-hybridized carbons (Fsp3) is 0.417. The molecule has 1 aliphatic rings. The summed E-state index contributed by atoms with van der Waals surface area (Å²) in [4.78, 5) is 4.86. The van der Waals surface area contributed by atoms with Crippen molar-refractivity contribution in [2.24, 2.45) is 5.92 Å². The number of hydrogen-bond acceptors (Lipinski definition) is 3. The largest absolute Gasteiger partial charge is 2.00 e. The first-order valence-corrected chi connectivity index (χ1v) is 19.8. The molecule has 0 N–H and O–H groups in total. The van der Waals surface area contributed by atoms with Crippen LogP contribution < -0.4 is 4.74 Å². The van der Waals surface area contributed by atoms with Crippen molar-refractivity contribution in [1.82, 2.24) is 19.3 Å². The molecule has 2 atom stereocenters. The Bertz CT molecular complexity index is 2310. The zero-order chi connectivity index (χ0) is 37.7. The van der Waals surface area contributed by atoms with Crippen molar-refractivity contribution in [3.63, 3.8) is 0 Å². The van der Waals surface area contributed by atoms with Crippen molar-refractivity contribution >= 4 is 21.8 Å². The summed E-state index contributed by atoms with van der Waals surface area (Å²) in [5.74, 6) is 3.23. The van der Waals surface area contributed by atoms with E-state index in [-0.39, 0.29) is 31.9 Å². The first-order valence-electron chi connectivity index (χ1n) is 19.8. The molecule has 3 aromatic heterocycles. The first-order chi connectivity index (χ1) is 25.4. The van der Waals surface area contributed by atoms with Crippen LogP contribution >= 0.6 is 0 Å². The smallest absolute Gasteiger partial charge is 0.509 e. The Morgan fingerprint density at radius 1 is 0.796 bits per heavy atom. The normalized spacial score (nSPS) is 16.4. The topological polar surface area (TPSA) is 44.9 Å². The predicted octanol–water partition coefficient (Wildman–Crippen LogP) is 12.7. The SMILES string of the molecule is CCC1=CCC[C@H](CC)C1c1c(CC)nn(-c2[c-]c(Oc3[c-]c4c(cc3)c3ccccc3n4-c3cc(C(C)(C)C)ccn3)cc(C(C)(C)C)c2)c1CC.[Pt+2]. The summed E-state index contributed by atoms with van der Waals surface area (Å²) in [7, 11) is 0. The van der Waals surface area contributed by atoms with Gasteiger partial charge in [0.05, 0.1) is 5.69 Å². The van der Waals surface area contributed by atoms with Crippen molar-refractivity contribution in [2.75, 3.05) is 0 Å². The molecule has 0 fully saturated rings. The Hall–Kier alpha value is -3.95. The van der Waals surface area contributed by atoms with Crippen LogP contribution in [0.4, 0.5) is 0 Å². The van der Waals surface area contributed by atoms with Crippen molar-refractivity contribution in [3.8, 4) is 23.0 Å². The van der Waals surface area contributed by atoms with Crippen LogP contribution in [0.2, 0.25) is 0 Å². The van der Waals surface area contributed by atoms with Gasteiger partial charge in [0.2, 0.25) is 0 Å². The molecule has 0 bridgehead atoms. The number of para-hydroxylation sites is 1. The van der Waals surface area contributed by atoms with Gasteiger partial charge < -0.3 is 9.30 Å². The van der Waals surface area contributed by atoms with Gasteiger partial charge in [0.1, 0.15) is 5.82 Å². The van der Waals surface area contributed by atoms with E-state index in [1.54, 1.807) is 5.57 Å². The first kappa shape index (κ1) is 39.7. The summed E-state index contributed by atoms with van der Waals surface area (Å²) in [6.07, 6.45) is 10.9. The van der Waals surface area contributed by atoms with Gasteiger partial charge in [-0.3, -0.25) is 4.68 Å². The van der Waals surface area contributed by atoms with E-state index in [1.165, 1.54) is 47.3 Å². The Morgan fingerprint density at radius 3 is 2.24 bits per heavy atom. The average Bonchev–Trinajstić information content (AvgIpc) is 3.68. The minimum Gasteiger partial charge on any atom is -0.509 e. The third-order valence-corrected chi connectivity index (χ3v) is 11.4. The molecule has 3 heterocycles. The van der Waals surface area contributed by atoms with Gasteiger partial charge in [-0.2, -0.15) is 11.2 Å². The van der Waals surface area contributed by atoms with Crippen LogP contribution in [0.5, 0.6) is 11.5 Å². The molecular formula is C48H56N4OPt. The summed E-state index contributed by atoms with van der Waals surface area (Å²) < 4.78 is 11.2. The van der Waals surface area contributed by atoms with E-state index in [0.29, 0.717) is 23.3 Å². The van der Waals surface area contributed by atoms with E-state index in [2.05, 4.69) is 151 Å². The van der Waals surface area contributed by atoms with E-state index < -0.39 is 0 Å². The van der Waals surface area contributed by atoms with Crippen LogP contribution in [0.15, 0.2) is 78.5 Å². The van der Waals surface area contributed by atoms with Gasteiger partial charge in [0.15, 0.2) is 0 Å². The molecular weight excluding hydrogens is 844 g/mol. The molecule has 0 amide bonds. The zero-order valence-electron chi connectivity index (χ0n) is 33.8. The molecule has 284 valence electrons. The maximum atomic E-state index is 6.78. The van der Waals surface area contributed by atoms with Crippen molar-refractivity contribution in [2.45, 2.75) is 125 Å². The molecule has 0 saturated heterocycles. The minimum atomic E-state index is -0.115. The molecule has 6 aromatic rings. The molecule has 1 unspecified atom stereocenters.